The second-order valence-electron chi connectivity index (χ2n) is 39.5. The molecule has 0 amide bonds. The molecule has 0 aliphatic carbocycles. The molecule has 0 aliphatic heterocycles. The molecule has 0 N–H and O–H groups in total. The van der Waals surface area contributed by atoms with E-state index in [0.717, 1.165) is 222 Å². The smallest absolute Gasteiger partial charge is 0.216 e. The maximum Gasteiger partial charge on any atom is 0.216 e. The Labute approximate surface area is 816 Å². The highest BCUT2D eigenvalue weighted by atomic mass is 16.3. The van der Waals surface area contributed by atoms with E-state index in [4.69, 9.17) is 54.9 Å². The van der Waals surface area contributed by atoms with Gasteiger partial charge in [-0.05, 0) is 247 Å². The Hall–Kier alpha value is -15.6. The first-order valence-electron chi connectivity index (χ1n) is 48.2. The summed E-state index contributed by atoms with van der Waals surface area (Å²) in [4.78, 5) is 19.0. The largest absolute Gasteiger partial charge is 0.455 e. The molecular formula is C124H123N10O5+5. The lowest BCUT2D eigenvalue weighted by Crippen LogP contribution is -2.30. The molecule has 139 heavy (non-hydrogen) atoms. The zero-order valence-electron chi connectivity index (χ0n) is 85.3. The van der Waals surface area contributed by atoms with Gasteiger partial charge in [0.1, 0.15) is 91.1 Å². The summed E-state index contributed by atoms with van der Waals surface area (Å²) in [7, 11) is 10.3. The minimum absolute atomic E-state index is 0.237. The number of furan rings is 5. The van der Waals surface area contributed by atoms with Crippen molar-refractivity contribution in [1.82, 2.24) is 0 Å². The summed E-state index contributed by atoms with van der Waals surface area (Å²) < 4.78 is 43.5. The van der Waals surface area contributed by atoms with Crippen LogP contribution in [0.4, 0.5) is 28.4 Å². The van der Waals surface area contributed by atoms with Gasteiger partial charge in [-0.25, -0.2) is 47.1 Å². The molecule has 694 valence electrons. The van der Waals surface area contributed by atoms with Crippen LogP contribution >= 0.6 is 0 Å². The van der Waals surface area contributed by atoms with Crippen LogP contribution < -0.4 is 22.8 Å². The predicted octanol–water partition coefficient (Wildman–Crippen LogP) is 33.5. The minimum Gasteiger partial charge on any atom is -0.455 e. The van der Waals surface area contributed by atoms with Crippen molar-refractivity contribution < 1.29 is 44.9 Å². The molecular weight excluding hydrogens is 1710 g/mol. The average Bonchev–Trinajstić information content (AvgIpc) is 1.60. The van der Waals surface area contributed by atoms with E-state index in [9.17, 15) is 0 Å². The molecule has 10 aromatic heterocycles. The van der Waals surface area contributed by atoms with Crippen LogP contribution in [-0.4, -0.2) is 0 Å². The Morgan fingerprint density at radius 1 is 0.223 bits per heavy atom. The SMILES string of the molecule is [C-]#[N+]c1cc(C(C)C)c2oc3c(-c4cccc[n+]4C)c(C)cc(C)c3c2c1.[C-]#[N+]c1cc(C(C)C)c2oc3c(-c4cccc[n+]4C)c(C)ccc3c2c1C.[C-]#[N+]c1cc(C(C)C)c2oc3c(-c4cccc[n+]4C)c(C)ccc3c2c1C(C)C.[C-]#[N+]c1cc2c(oc3c(-c4cccc[n+]4C)c(C)ccc32)c(C(C)C)c1C.[C-]#[N+]c1cc2c(oc3c(-c4cccc[n+]4C)c(C)ccc32)c(C(C)C)c1C(C)C. The molecule has 10 aromatic carbocycles. The van der Waals surface area contributed by atoms with Crippen LogP contribution in [0.2, 0.25) is 0 Å². The second kappa shape index (κ2) is 38.9. The van der Waals surface area contributed by atoms with Crippen molar-refractivity contribution in [1.29, 1.82) is 0 Å². The first kappa shape index (κ1) is 96.5. The van der Waals surface area contributed by atoms with Gasteiger partial charge in [0.05, 0.1) is 60.7 Å². The van der Waals surface area contributed by atoms with Crippen LogP contribution in [0.25, 0.3) is 190 Å². The quantitative estimate of drug-likeness (QED) is 0.0895. The molecule has 0 bridgehead atoms. The minimum atomic E-state index is 0.237. The number of aryl methyl sites for hydroxylation is 12. The first-order chi connectivity index (χ1) is 66.5. The summed E-state index contributed by atoms with van der Waals surface area (Å²) in [5.74, 6) is 1.90. The van der Waals surface area contributed by atoms with Gasteiger partial charge >= 0.3 is 0 Å². The van der Waals surface area contributed by atoms with Gasteiger partial charge in [0.2, 0.25) is 28.5 Å². The highest BCUT2D eigenvalue weighted by Gasteiger charge is 2.33. The van der Waals surface area contributed by atoms with Crippen molar-refractivity contribution in [2.45, 2.75) is 194 Å². The molecule has 0 radical (unpaired) electrons. The van der Waals surface area contributed by atoms with Gasteiger partial charge in [-0.2, -0.15) is 0 Å². The maximum absolute atomic E-state index is 7.78. The number of rotatable bonds is 12. The second-order valence-corrected chi connectivity index (χ2v) is 39.5. The number of aromatic nitrogens is 5. The zero-order valence-corrected chi connectivity index (χ0v) is 85.3. The fraction of sp³-hybridized carbons (Fsp3) is 0.274. The van der Waals surface area contributed by atoms with E-state index in [0.29, 0.717) is 17.1 Å². The highest BCUT2D eigenvalue weighted by molar-refractivity contribution is 6.18. The van der Waals surface area contributed by atoms with E-state index in [1.165, 1.54) is 38.9 Å². The Kier molecular flexibility index (Phi) is 27.0. The Balaban J connectivity index is 0.000000125. The lowest BCUT2D eigenvalue weighted by Gasteiger charge is -2.18. The molecule has 0 atom stereocenters. The zero-order chi connectivity index (χ0) is 99.6. The summed E-state index contributed by atoms with van der Waals surface area (Å²) in [5.41, 5.74) is 40.8. The van der Waals surface area contributed by atoms with Gasteiger partial charge in [0, 0.05) is 115 Å². The van der Waals surface area contributed by atoms with Crippen LogP contribution in [-0.2, 0) is 35.2 Å². The molecule has 0 saturated heterocycles. The lowest BCUT2D eigenvalue weighted by molar-refractivity contribution is -0.660. The van der Waals surface area contributed by atoms with Crippen LogP contribution in [0, 0.1) is 88.3 Å². The molecule has 20 rings (SSSR count). The van der Waals surface area contributed by atoms with Gasteiger partial charge < -0.3 is 22.1 Å². The van der Waals surface area contributed by atoms with Crippen LogP contribution in [0.5, 0.6) is 0 Å². The number of pyridine rings is 5. The fourth-order valence-electron chi connectivity index (χ4n) is 20.9. The van der Waals surface area contributed by atoms with Gasteiger partial charge in [-0.15, -0.1) is 0 Å². The molecule has 0 fully saturated rings. The topological polar surface area (TPSA) is 107 Å². The van der Waals surface area contributed by atoms with Gasteiger partial charge in [0.25, 0.3) is 0 Å². The normalized spacial score (nSPS) is 11.5. The van der Waals surface area contributed by atoms with Crippen molar-refractivity contribution in [3.05, 3.63) is 354 Å². The molecule has 0 aliphatic rings. The first-order valence-corrected chi connectivity index (χ1v) is 48.2. The van der Waals surface area contributed by atoms with E-state index in [1.807, 2.05) is 80.6 Å². The van der Waals surface area contributed by atoms with Crippen molar-refractivity contribution in [2.75, 3.05) is 0 Å². The number of nitrogens with zero attached hydrogens (tertiary/aromatic N) is 10. The molecule has 0 unspecified atom stereocenters. The van der Waals surface area contributed by atoms with Crippen molar-refractivity contribution in [3.63, 3.8) is 0 Å². The molecule has 10 heterocycles. The Morgan fingerprint density at radius 3 is 0.914 bits per heavy atom. The summed E-state index contributed by atoms with van der Waals surface area (Å²) >= 11 is 0. The van der Waals surface area contributed by atoms with Crippen molar-refractivity contribution in [2.24, 2.45) is 35.2 Å². The van der Waals surface area contributed by atoms with E-state index >= 15 is 0 Å². The number of hydrogen-bond acceptors (Lipinski definition) is 5. The van der Waals surface area contributed by atoms with Crippen LogP contribution in [0.15, 0.2) is 235 Å². The van der Waals surface area contributed by atoms with E-state index in [-0.39, 0.29) is 41.4 Å². The average molecular weight is 1830 g/mol. The molecule has 15 heteroatoms. The lowest BCUT2D eigenvalue weighted by atomic mass is 9.87. The monoisotopic (exact) mass is 1830 g/mol. The van der Waals surface area contributed by atoms with Crippen molar-refractivity contribution >= 4 is 138 Å². The number of benzene rings is 10. The summed E-state index contributed by atoms with van der Waals surface area (Å²) in [6, 6.07) is 62.4. The Bertz CT molecular complexity index is 8580. The summed E-state index contributed by atoms with van der Waals surface area (Å²) in [6.45, 7) is 85.3. The molecule has 0 saturated carbocycles. The van der Waals surface area contributed by atoms with Gasteiger partial charge in [0.15, 0.2) is 59.4 Å². The molecule has 15 nitrogen and oxygen atoms in total. The van der Waals surface area contributed by atoms with E-state index in [1.54, 1.807) is 0 Å². The standard InChI is InChI=1S/2C26H27N2O.3C24H23N2O/c1-15(2)22-20(27-6)14-19-18-12-11-17(5)24(21-10-8-9-13-28(21)7)25(18)29-26(19)23(22)16(3)4;1-15(2)19-14-20(27-6)22(16(3)4)24-18-12-11-17(5)23(25(18)29-26(19)24)21-10-8-9-13-28(21)7;1-14(2)21-16(4)19(25-5)13-18-17-11-10-15(3)22(23(17)27-24(18)21)20-9-7-8-12-26(20)6;1-14(2)18-13-19(25-5)16(4)22-17-11-10-15(3)21(23(17)27-24(18)22)20-9-7-8-12-26(20)6;1-14(2)18-12-17(25-5)13-19-21-15(3)11-16(4)22(24(21)27-23(18)19)20-9-7-8-10-26(20)6/h2*8-16H,1-5,7H3;3*7-14H,1-4,6H3/q5*+1. The fourth-order valence-corrected chi connectivity index (χ4v) is 20.9. The highest BCUT2D eigenvalue weighted by Crippen LogP contribution is 2.52. The predicted molar refractivity (Wildman–Crippen MR) is 569 cm³/mol. The van der Waals surface area contributed by atoms with Crippen LogP contribution in [0.1, 0.15) is 222 Å². The van der Waals surface area contributed by atoms with E-state index < -0.39 is 0 Å². The van der Waals surface area contributed by atoms with Gasteiger partial charge in [-0.1, -0.05) is 152 Å². The van der Waals surface area contributed by atoms with Crippen LogP contribution in [0.3, 0.4) is 0 Å². The van der Waals surface area contributed by atoms with E-state index in [2.05, 4.69) is 367 Å². The van der Waals surface area contributed by atoms with Gasteiger partial charge in [-0.3, -0.25) is 0 Å². The number of fused-ring (bicyclic) bond motifs is 15. The number of hydrogen-bond donors (Lipinski definition) is 0. The third-order valence-corrected chi connectivity index (χ3v) is 27.8. The molecule has 20 aromatic rings. The molecule has 0 spiro atoms. The summed E-state index contributed by atoms with van der Waals surface area (Å²) in [5, 5.41) is 10.7. The maximum atomic E-state index is 7.78. The Morgan fingerprint density at radius 2 is 0.540 bits per heavy atom. The summed E-state index contributed by atoms with van der Waals surface area (Å²) in [6.07, 6.45) is 10.3. The van der Waals surface area contributed by atoms with Crippen molar-refractivity contribution in [3.8, 4) is 56.3 Å². The third kappa shape index (κ3) is 17.2. The third-order valence-electron chi connectivity index (χ3n) is 27.8.